The molecule has 0 aromatic carbocycles. The van der Waals surface area contributed by atoms with Gasteiger partial charge in [-0.15, -0.1) is 0 Å². The maximum Gasteiger partial charge on any atom is 0.269 e. The molecule has 3 aromatic rings. The van der Waals surface area contributed by atoms with Crippen LogP contribution in [0.1, 0.15) is 34.9 Å². The van der Waals surface area contributed by atoms with Gasteiger partial charge in [-0.3, -0.25) is 19.7 Å². The number of amides is 1. The van der Waals surface area contributed by atoms with Crippen molar-refractivity contribution in [2.75, 3.05) is 5.73 Å². The fourth-order valence-electron chi connectivity index (χ4n) is 3.24. The SMILES string of the molecule is Cn1cccc1-c1cc(C(=O)NC2CC(c3cc(=O)[nH]c(N)n3)C2)[nH]n1. The minimum absolute atomic E-state index is 0.0385. The van der Waals surface area contributed by atoms with E-state index in [1.54, 1.807) is 6.07 Å². The lowest BCUT2D eigenvalue weighted by Crippen LogP contribution is -2.43. The fourth-order valence-corrected chi connectivity index (χ4v) is 3.24. The number of aromatic nitrogens is 5. The van der Waals surface area contributed by atoms with Crippen LogP contribution in [-0.2, 0) is 7.05 Å². The molecule has 5 N–H and O–H groups in total. The molecule has 0 radical (unpaired) electrons. The summed E-state index contributed by atoms with van der Waals surface area (Å²) in [4.78, 5) is 30.4. The molecule has 0 spiro atoms. The number of H-pyrrole nitrogens is 2. The number of carbonyl (C=O) groups excluding carboxylic acids is 1. The van der Waals surface area contributed by atoms with E-state index in [1.807, 2.05) is 29.9 Å². The normalized spacial score (nSPS) is 19.1. The van der Waals surface area contributed by atoms with E-state index in [0.29, 0.717) is 11.4 Å². The molecule has 3 aromatic heterocycles. The number of nitrogens with one attached hydrogen (secondary N) is 3. The third kappa shape index (κ3) is 2.99. The first-order valence-electron chi connectivity index (χ1n) is 8.34. The standard InChI is InChI=1S/C17H19N7O2/c1-24-4-2-3-14(24)12-7-13(23-22-12)16(26)19-10-5-9(6-10)11-8-15(25)21-17(18)20-11/h2-4,7-10H,5-6H2,1H3,(H,19,26)(H,22,23)(H3,18,20,21,25). The molecule has 0 atom stereocenters. The Hall–Kier alpha value is -3.36. The second-order valence-electron chi connectivity index (χ2n) is 6.57. The van der Waals surface area contributed by atoms with Gasteiger partial charge < -0.3 is 15.6 Å². The van der Waals surface area contributed by atoms with E-state index in [4.69, 9.17) is 5.73 Å². The lowest BCUT2D eigenvalue weighted by atomic mass is 9.78. The molecule has 1 aliphatic carbocycles. The molecule has 3 heterocycles. The van der Waals surface area contributed by atoms with Crippen LogP contribution in [0.25, 0.3) is 11.4 Å². The summed E-state index contributed by atoms with van der Waals surface area (Å²) in [5.41, 5.74) is 8.05. The average Bonchev–Trinajstić information content (AvgIpc) is 3.17. The number of hydrogen-bond acceptors (Lipinski definition) is 5. The largest absolute Gasteiger partial charge is 0.369 e. The van der Waals surface area contributed by atoms with Gasteiger partial charge >= 0.3 is 0 Å². The van der Waals surface area contributed by atoms with Crippen LogP contribution in [0.15, 0.2) is 35.3 Å². The van der Waals surface area contributed by atoms with E-state index in [9.17, 15) is 9.59 Å². The zero-order valence-corrected chi connectivity index (χ0v) is 14.2. The smallest absolute Gasteiger partial charge is 0.269 e. The lowest BCUT2D eigenvalue weighted by Gasteiger charge is -2.35. The zero-order chi connectivity index (χ0) is 18.3. The van der Waals surface area contributed by atoms with Gasteiger partial charge in [-0.25, -0.2) is 4.98 Å². The Kier molecular flexibility index (Phi) is 3.83. The first kappa shape index (κ1) is 16.1. The minimum atomic E-state index is -0.259. The van der Waals surface area contributed by atoms with E-state index >= 15 is 0 Å². The van der Waals surface area contributed by atoms with E-state index in [0.717, 1.165) is 24.2 Å². The molecular weight excluding hydrogens is 334 g/mol. The summed E-state index contributed by atoms with van der Waals surface area (Å²) in [5, 5.41) is 9.96. The van der Waals surface area contributed by atoms with Crippen LogP contribution >= 0.6 is 0 Å². The molecule has 9 nitrogen and oxygen atoms in total. The highest BCUT2D eigenvalue weighted by atomic mass is 16.2. The maximum absolute atomic E-state index is 12.4. The van der Waals surface area contributed by atoms with Crippen molar-refractivity contribution < 1.29 is 4.79 Å². The highest BCUT2D eigenvalue weighted by Gasteiger charge is 2.33. The van der Waals surface area contributed by atoms with Gasteiger partial charge in [-0.1, -0.05) is 0 Å². The fraction of sp³-hybridized carbons (Fsp3) is 0.294. The van der Waals surface area contributed by atoms with Gasteiger partial charge in [-0.05, 0) is 31.0 Å². The molecule has 134 valence electrons. The minimum Gasteiger partial charge on any atom is -0.369 e. The van der Waals surface area contributed by atoms with E-state index in [2.05, 4.69) is 25.5 Å². The van der Waals surface area contributed by atoms with Crippen LogP contribution in [0.4, 0.5) is 5.95 Å². The zero-order valence-electron chi connectivity index (χ0n) is 14.2. The Morgan fingerprint density at radius 3 is 2.88 bits per heavy atom. The molecule has 0 aliphatic heterocycles. The van der Waals surface area contributed by atoms with Crippen LogP contribution in [0, 0.1) is 0 Å². The summed E-state index contributed by atoms with van der Waals surface area (Å²) in [6.07, 6.45) is 3.37. The number of nitrogens with two attached hydrogens (primary N) is 1. The van der Waals surface area contributed by atoms with Crippen LogP contribution in [0.2, 0.25) is 0 Å². The topological polar surface area (TPSA) is 134 Å². The highest BCUT2D eigenvalue weighted by molar-refractivity contribution is 5.93. The molecule has 9 heteroatoms. The van der Waals surface area contributed by atoms with Gasteiger partial charge in [0.15, 0.2) is 0 Å². The number of hydrogen-bond donors (Lipinski definition) is 4. The number of nitrogen functional groups attached to an aromatic ring is 1. The summed E-state index contributed by atoms with van der Waals surface area (Å²) in [6.45, 7) is 0. The Morgan fingerprint density at radius 1 is 1.38 bits per heavy atom. The Bertz CT molecular complexity index is 1010. The number of aromatic amines is 2. The number of anilines is 1. The van der Waals surface area contributed by atoms with Crippen molar-refractivity contribution in [1.82, 2.24) is 30.0 Å². The first-order chi connectivity index (χ1) is 12.5. The van der Waals surface area contributed by atoms with Crippen LogP contribution < -0.4 is 16.6 Å². The van der Waals surface area contributed by atoms with Gasteiger partial charge in [0.1, 0.15) is 11.4 Å². The monoisotopic (exact) mass is 353 g/mol. The van der Waals surface area contributed by atoms with Gasteiger partial charge in [-0.2, -0.15) is 5.10 Å². The third-order valence-electron chi connectivity index (χ3n) is 4.70. The summed E-state index contributed by atoms with van der Waals surface area (Å²) < 4.78 is 1.94. The second-order valence-corrected chi connectivity index (χ2v) is 6.57. The molecule has 26 heavy (non-hydrogen) atoms. The molecule has 1 fully saturated rings. The molecule has 1 aliphatic rings. The lowest BCUT2D eigenvalue weighted by molar-refractivity contribution is 0.0903. The summed E-state index contributed by atoms with van der Waals surface area (Å²) in [6, 6.07) is 7.10. The van der Waals surface area contributed by atoms with Gasteiger partial charge in [0.05, 0.1) is 11.4 Å². The molecular formula is C17H19N7O2. The number of rotatable bonds is 4. The number of carbonyl (C=O) groups is 1. The Balaban J connectivity index is 1.37. The highest BCUT2D eigenvalue weighted by Crippen LogP contribution is 2.35. The van der Waals surface area contributed by atoms with Crippen LogP contribution in [0.5, 0.6) is 0 Å². The Labute approximate surface area is 148 Å². The van der Waals surface area contributed by atoms with Crippen molar-refractivity contribution in [2.45, 2.75) is 24.8 Å². The van der Waals surface area contributed by atoms with Gasteiger partial charge in [0.2, 0.25) is 5.95 Å². The molecule has 0 saturated heterocycles. The maximum atomic E-state index is 12.4. The van der Waals surface area contributed by atoms with Crippen molar-refractivity contribution in [2.24, 2.45) is 7.05 Å². The summed E-state index contributed by atoms with van der Waals surface area (Å²) in [5.74, 6) is 0.0519. The number of nitrogens with zero attached hydrogens (tertiary/aromatic N) is 3. The quantitative estimate of drug-likeness (QED) is 0.549. The Morgan fingerprint density at radius 2 is 2.19 bits per heavy atom. The van der Waals surface area contributed by atoms with Crippen LogP contribution in [-0.4, -0.2) is 36.7 Å². The summed E-state index contributed by atoms with van der Waals surface area (Å²) in [7, 11) is 1.92. The van der Waals surface area contributed by atoms with Gasteiger partial charge in [0.25, 0.3) is 11.5 Å². The molecule has 1 amide bonds. The summed E-state index contributed by atoms with van der Waals surface area (Å²) >= 11 is 0. The molecule has 4 rings (SSSR count). The van der Waals surface area contributed by atoms with E-state index < -0.39 is 0 Å². The first-order valence-corrected chi connectivity index (χ1v) is 8.34. The van der Waals surface area contributed by atoms with E-state index in [-0.39, 0.29) is 29.4 Å². The van der Waals surface area contributed by atoms with Crippen molar-refractivity contribution in [1.29, 1.82) is 0 Å². The number of aryl methyl sites for hydroxylation is 1. The predicted octanol–water partition coefficient (Wildman–Crippen LogP) is 0.757. The predicted molar refractivity (Wildman–Crippen MR) is 95.5 cm³/mol. The molecule has 0 unspecified atom stereocenters. The van der Waals surface area contributed by atoms with Crippen molar-refractivity contribution in [3.05, 3.63) is 52.2 Å². The van der Waals surface area contributed by atoms with Crippen molar-refractivity contribution in [3.63, 3.8) is 0 Å². The van der Waals surface area contributed by atoms with Gasteiger partial charge in [0, 0.05) is 31.3 Å². The second kappa shape index (κ2) is 6.17. The molecule has 0 bridgehead atoms. The third-order valence-corrected chi connectivity index (χ3v) is 4.70. The molecule has 1 saturated carbocycles. The van der Waals surface area contributed by atoms with Crippen molar-refractivity contribution >= 4 is 11.9 Å². The van der Waals surface area contributed by atoms with E-state index in [1.165, 1.54) is 6.07 Å². The van der Waals surface area contributed by atoms with Crippen molar-refractivity contribution in [3.8, 4) is 11.4 Å². The average molecular weight is 353 g/mol. The van der Waals surface area contributed by atoms with Crippen LogP contribution in [0.3, 0.4) is 0 Å².